The van der Waals surface area contributed by atoms with Crippen LogP contribution in [0.2, 0.25) is 0 Å². The average molecular weight is 247 g/mol. The first-order chi connectivity index (χ1) is 8.56. The molecule has 0 aromatic heterocycles. The van der Waals surface area contributed by atoms with E-state index in [1.54, 1.807) is 24.3 Å². The van der Waals surface area contributed by atoms with Gasteiger partial charge in [-0.2, -0.15) is 5.26 Å². The quantitative estimate of drug-likeness (QED) is 0.757. The first-order valence-corrected chi connectivity index (χ1v) is 5.75. The highest BCUT2D eigenvalue weighted by atomic mass is 16.3. The lowest BCUT2D eigenvalue weighted by molar-refractivity contribution is 0.204. The van der Waals surface area contributed by atoms with Crippen LogP contribution >= 0.6 is 0 Å². The molecule has 5 heteroatoms. The maximum atomic E-state index is 11.7. The van der Waals surface area contributed by atoms with Gasteiger partial charge in [-0.3, -0.25) is 0 Å². The maximum absolute atomic E-state index is 11.7. The molecule has 0 saturated carbocycles. The fourth-order valence-electron chi connectivity index (χ4n) is 1.43. The van der Waals surface area contributed by atoms with Crippen molar-refractivity contribution in [3.8, 4) is 6.07 Å². The molecule has 18 heavy (non-hydrogen) atoms. The summed E-state index contributed by atoms with van der Waals surface area (Å²) in [6.45, 7) is 3.72. The monoisotopic (exact) mass is 247 g/mol. The van der Waals surface area contributed by atoms with Gasteiger partial charge in [0.2, 0.25) is 0 Å². The van der Waals surface area contributed by atoms with Gasteiger partial charge in [-0.1, -0.05) is 19.9 Å². The van der Waals surface area contributed by atoms with Crippen LogP contribution in [0.3, 0.4) is 0 Å². The Balaban J connectivity index is 2.62. The van der Waals surface area contributed by atoms with Crippen LogP contribution in [0.25, 0.3) is 0 Å². The number of nitrogens with zero attached hydrogens (tertiary/aromatic N) is 1. The SMILES string of the molecule is CC(C)[C@@H](CO)NC(=O)Nc1cccc(C#N)c1. The Bertz CT molecular complexity index is 452. The number of nitrogens with one attached hydrogen (secondary N) is 2. The van der Waals surface area contributed by atoms with Crippen molar-refractivity contribution in [2.45, 2.75) is 19.9 Å². The predicted octanol–water partition coefficient (Wildman–Crippen LogP) is 1.70. The summed E-state index contributed by atoms with van der Waals surface area (Å²) < 4.78 is 0. The van der Waals surface area contributed by atoms with Crippen LogP contribution in [0.4, 0.5) is 10.5 Å². The molecule has 1 rings (SSSR count). The van der Waals surface area contributed by atoms with Crippen molar-refractivity contribution in [1.82, 2.24) is 5.32 Å². The largest absolute Gasteiger partial charge is 0.394 e. The van der Waals surface area contributed by atoms with Crippen molar-refractivity contribution < 1.29 is 9.90 Å². The number of anilines is 1. The number of rotatable bonds is 4. The lowest BCUT2D eigenvalue weighted by Crippen LogP contribution is -2.43. The van der Waals surface area contributed by atoms with Crippen molar-refractivity contribution in [3.63, 3.8) is 0 Å². The average Bonchev–Trinajstić information content (AvgIpc) is 2.35. The first kappa shape index (κ1) is 14.0. The normalized spacial score (nSPS) is 11.7. The van der Waals surface area contributed by atoms with E-state index in [1.165, 1.54) is 0 Å². The van der Waals surface area contributed by atoms with Crippen LogP contribution in [0, 0.1) is 17.2 Å². The molecule has 0 radical (unpaired) electrons. The molecule has 0 saturated heterocycles. The second-order valence-electron chi connectivity index (χ2n) is 4.32. The Morgan fingerprint density at radius 2 is 2.22 bits per heavy atom. The smallest absolute Gasteiger partial charge is 0.319 e. The third-order valence-corrected chi connectivity index (χ3v) is 2.57. The molecule has 0 bridgehead atoms. The zero-order chi connectivity index (χ0) is 13.5. The van der Waals surface area contributed by atoms with Gasteiger partial charge in [0.25, 0.3) is 0 Å². The van der Waals surface area contributed by atoms with E-state index in [0.717, 1.165) is 0 Å². The van der Waals surface area contributed by atoms with Gasteiger partial charge in [-0.15, -0.1) is 0 Å². The first-order valence-electron chi connectivity index (χ1n) is 5.75. The van der Waals surface area contributed by atoms with Crippen LogP contribution in [0.1, 0.15) is 19.4 Å². The number of amides is 2. The molecule has 0 spiro atoms. The summed E-state index contributed by atoms with van der Waals surface area (Å²) in [6, 6.07) is 7.96. The van der Waals surface area contributed by atoms with Crippen molar-refractivity contribution in [1.29, 1.82) is 5.26 Å². The molecule has 0 fully saturated rings. The van der Waals surface area contributed by atoms with Crippen molar-refractivity contribution in [3.05, 3.63) is 29.8 Å². The second kappa shape index (κ2) is 6.62. The Hall–Kier alpha value is -2.06. The van der Waals surface area contributed by atoms with Crippen LogP contribution in [-0.4, -0.2) is 23.8 Å². The van der Waals surface area contributed by atoms with E-state index in [1.807, 2.05) is 19.9 Å². The van der Waals surface area contributed by atoms with E-state index in [0.29, 0.717) is 11.3 Å². The molecule has 0 aliphatic carbocycles. The van der Waals surface area contributed by atoms with Crippen molar-refractivity contribution in [2.24, 2.45) is 5.92 Å². The lowest BCUT2D eigenvalue weighted by Gasteiger charge is -2.20. The Morgan fingerprint density at radius 3 is 2.78 bits per heavy atom. The molecular weight excluding hydrogens is 230 g/mol. The summed E-state index contributed by atoms with van der Waals surface area (Å²) in [4.78, 5) is 11.7. The standard InChI is InChI=1S/C13H17N3O2/c1-9(2)12(8-17)16-13(18)15-11-5-3-4-10(6-11)7-14/h3-6,9,12,17H,8H2,1-2H3,(H2,15,16,18)/t12-/m1/s1. The van der Waals surface area contributed by atoms with Crippen LogP contribution in [-0.2, 0) is 0 Å². The summed E-state index contributed by atoms with van der Waals surface area (Å²) in [6.07, 6.45) is 0. The summed E-state index contributed by atoms with van der Waals surface area (Å²) in [7, 11) is 0. The van der Waals surface area contributed by atoms with E-state index in [9.17, 15) is 4.79 Å². The van der Waals surface area contributed by atoms with Gasteiger partial charge in [-0.05, 0) is 24.1 Å². The van der Waals surface area contributed by atoms with Gasteiger partial charge in [0.1, 0.15) is 0 Å². The highest BCUT2D eigenvalue weighted by Gasteiger charge is 2.14. The fourth-order valence-corrected chi connectivity index (χ4v) is 1.43. The molecule has 2 amide bonds. The van der Waals surface area contributed by atoms with Crippen LogP contribution < -0.4 is 10.6 Å². The van der Waals surface area contributed by atoms with Gasteiger partial charge in [0.05, 0.1) is 24.3 Å². The van der Waals surface area contributed by atoms with E-state index in [4.69, 9.17) is 10.4 Å². The van der Waals surface area contributed by atoms with Crippen molar-refractivity contribution in [2.75, 3.05) is 11.9 Å². The number of nitriles is 1. The molecule has 5 nitrogen and oxygen atoms in total. The Labute approximate surface area is 106 Å². The van der Waals surface area contributed by atoms with E-state index >= 15 is 0 Å². The van der Waals surface area contributed by atoms with Crippen molar-refractivity contribution >= 4 is 11.7 Å². The zero-order valence-corrected chi connectivity index (χ0v) is 10.5. The lowest BCUT2D eigenvalue weighted by atomic mass is 10.1. The number of hydrogen-bond acceptors (Lipinski definition) is 3. The highest BCUT2D eigenvalue weighted by Crippen LogP contribution is 2.09. The Morgan fingerprint density at radius 1 is 1.50 bits per heavy atom. The third kappa shape index (κ3) is 4.07. The van der Waals surface area contributed by atoms with Crippen LogP contribution in [0.5, 0.6) is 0 Å². The molecule has 0 aliphatic heterocycles. The van der Waals surface area contributed by atoms with Gasteiger partial charge in [0.15, 0.2) is 0 Å². The number of hydrogen-bond donors (Lipinski definition) is 3. The number of aliphatic hydroxyl groups is 1. The number of carbonyl (C=O) groups is 1. The fraction of sp³-hybridized carbons (Fsp3) is 0.385. The zero-order valence-electron chi connectivity index (χ0n) is 10.5. The van der Waals surface area contributed by atoms with E-state index in [-0.39, 0.29) is 18.6 Å². The molecule has 0 unspecified atom stereocenters. The molecule has 1 atom stereocenters. The number of urea groups is 1. The molecule has 1 aromatic rings. The summed E-state index contributed by atoms with van der Waals surface area (Å²) in [5, 5.41) is 23.1. The minimum Gasteiger partial charge on any atom is -0.394 e. The van der Waals surface area contributed by atoms with Gasteiger partial charge < -0.3 is 15.7 Å². The summed E-state index contributed by atoms with van der Waals surface area (Å²) >= 11 is 0. The second-order valence-corrected chi connectivity index (χ2v) is 4.32. The minimum atomic E-state index is -0.391. The third-order valence-electron chi connectivity index (χ3n) is 2.57. The van der Waals surface area contributed by atoms with E-state index < -0.39 is 6.03 Å². The molecular formula is C13H17N3O2. The van der Waals surface area contributed by atoms with Gasteiger partial charge in [0, 0.05) is 5.69 Å². The van der Waals surface area contributed by atoms with E-state index in [2.05, 4.69) is 10.6 Å². The van der Waals surface area contributed by atoms with Crippen LogP contribution in [0.15, 0.2) is 24.3 Å². The summed E-state index contributed by atoms with van der Waals surface area (Å²) in [5.74, 6) is 0.145. The number of benzene rings is 1. The molecule has 3 N–H and O–H groups in total. The minimum absolute atomic E-state index is 0.108. The van der Waals surface area contributed by atoms with Gasteiger partial charge in [-0.25, -0.2) is 4.79 Å². The predicted molar refractivity (Wildman–Crippen MR) is 69.0 cm³/mol. The summed E-state index contributed by atoms with van der Waals surface area (Å²) in [5.41, 5.74) is 1.03. The van der Waals surface area contributed by atoms with Gasteiger partial charge >= 0.3 is 6.03 Å². The molecule has 1 aromatic carbocycles. The number of carbonyl (C=O) groups excluding carboxylic acids is 1. The highest BCUT2D eigenvalue weighted by molar-refractivity contribution is 5.89. The maximum Gasteiger partial charge on any atom is 0.319 e. The Kier molecular flexibility index (Phi) is 5.15. The molecule has 0 aliphatic rings. The molecule has 96 valence electrons. The molecule has 0 heterocycles. The number of aliphatic hydroxyl groups excluding tert-OH is 1. The topological polar surface area (TPSA) is 85.2 Å².